The summed E-state index contributed by atoms with van der Waals surface area (Å²) in [6.45, 7) is 2.17. The van der Waals surface area contributed by atoms with Crippen molar-refractivity contribution in [2.75, 3.05) is 4.90 Å². The second-order valence-electron chi connectivity index (χ2n) is 5.55. The van der Waals surface area contributed by atoms with Crippen molar-refractivity contribution in [2.45, 2.75) is 26.2 Å². The molecule has 0 unspecified atom stereocenters. The van der Waals surface area contributed by atoms with Crippen LogP contribution in [0.1, 0.15) is 32.7 Å². The Morgan fingerprint density at radius 2 is 1.91 bits per heavy atom. The summed E-state index contributed by atoms with van der Waals surface area (Å²) < 4.78 is 39.9. The van der Waals surface area contributed by atoms with Crippen LogP contribution in [0.2, 0.25) is 0 Å². The van der Waals surface area contributed by atoms with E-state index in [0.29, 0.717) is 23.6 Å². The molecule has 0 fully saturated rings. The first-order valence-electron chi connectivity index (χ1n) is 6.89. The van der Waals surface area contributed by atoms with Crippen LogP contribution in [0.4, 0.5) is 19.0 Å². The Hall–Kier alpha value is -2.51. The van der Waals surface area contributed by atoms with Crippen LogP contribution in [-0.4, -0.2) is 20.9 Å². The van der Waals surface area contributed by atoms with Crippen LogP contribution in [0.15, 0.2) is 18.2 Å². The Morgan fingerprint density at radius 1 is 1.26 bits per heavy atom. The molecule has 2 aromatic rings. The van der Waals surface area contributed by atoms with Crippen LogP contribution < -0.4 is 4.90 Å². The molecule has 0 amide bonds. The molecule has 1 aromatic heterocycles. The van der Waals surface area contributed by atoms with Gasteiger partial charge in [-0.2, -0.15) is 18.3 Å². The number of alkyl halides is 3. The van der Waals surface area contributed by atoms with Gasteiger partial charge in [-0.05, 0) is 30.2 Å². The van der Waals surface area contributed by atoms with E-state index in [4.69, 9.17) is 0 Å². The normalized spacial score (nSPS) is 14.2. The van der Waals surface area contributed by atoms with Gasteiger partial charge >= 0.3 is 12.1 Å². The molecule has 0 bridgehead atoms. The molecule has 1 aromatic carbocycles. The lowest BCUT2D eigenvalue weighted by Crippen LogP contribution is -2.20. The number of fused-ring (bicyclic) bond motifs is 1. The van der Waals surface area contributed by atoms with E-state index in [-0.39, 0.29) is 12.1 Å². The number of aromatic carboxylic acids is 1. The number of carbonyl (C=O) groups is 1. The zero-order chi connectivity index (χ0) is 16.9. The third-order valence-electron chi connectivity index (χ3n) is 3.96. The number of aromatic nitrogens is 2. The van der Waals surface area contributed by atoms with Crippen LogP contribution in [0.3, 0.4) is 0 Å². The first kappa shape index (κ1) is 15.4. The minimum Gasteiger partial charge on any atom is -0.477 e. The smallest absolute Gasteiger partial charge is 0.416 e. The fraction of sp³-hybridized carbons (Fsp3) is 0.333. The molecule has 122 valence electrons. The molecule has 5 nitrogen and oxygen atoms in total. The second-order valence-corrected chi connectivity index (χ2v) is 5.55. The van der Waals surface area contributed by atoms with Gasteiger partial charge < -0.3 is 10.0 Å². The molecule has 0 spiro atoms. The third kappa shape index (κ3) is 2.54. The van der Waals surface area contributed by atoms with Crippen molar-refractivity contribution in [2.24, 2.45) is 7.05 Å². The molecule has 23 heavy (non-hydrogen) atoms. The van der Waals surface area contributed by atoms with Crippen molar-refractivity contribution in [3.05, 3.63) is 46.1 Å². The maximum Gasteiger partial charge on any atom is 0.416 e. The Balaban J connectivity index is 1.99. The van der Waals surface area contributed by atoms with Crippen LogP contribution >= 0.6 is 0 Å². The first-order chi connectivity index (χ1) is 10.7. The largest absolute Gasteiger partial charge is 0.477 e. The standard InChI is InChI=1S/C15H14F3N3O2/c1-8-12(14(22)23)13(20(2)19-8)21-6-9-3-4-11(15(16,17)18)5-10(9)7-21/h3-5H,6-7H2,1-2H3,(H,22,23). The molecule has 0 atom stereocenters. The van der Waals surface area contributed by atoms with E-state index >= 15 is 0 Å². The molecular weight excluding hydrogens is 311 g/mol. The van der Waals surface area contributed by atoms with E-state index < -0.39 is 17.7 Å². The predicted octanol–water partition coefficient (Wildman–Crippen LogP) is 2.97. The van der Waals surface area contributed by atoms with Crippen LogP contribution in [0, 0.1) is 6.92 Å². The van der Waals surface area contributed by atoms with Crippen molar-refractivity contribution in [3.8, 4) is 0 Å². The number of anilines is 1. The Bertz CT molecular complexity index is 796. The fourth-order valence-corrected chi connectivity index (χ4v) is 2.98. The van der Waals surface area contributed by atoms with E-state index in [9.17, 15) is 23.1 Å². The van der Waals surface area contributed by atoms with Gasteiger partial charge in [0.1, 0.15) is 11.4 Å². The fourth-order valence-electron chi connectivity index (χ4n) is 2.98. The number of carboxylic acids is 1. The zero-order valence-corrected chi connectivity index (χ0v) is 12.5. The van der Waals surface area contributed by atoms with Gasteiger partial charge in [0.2, 0.25) is 0 Å². The summed E-state index contributed by atoms with van der Waals surface area (Å²) in [5, 5.41) is 13.5. The van der Waals surface area contributed by atoms with Crippen molar-refractivity contribution >= 4 is 11.8 Å². The summed E-state index contributed by atoms with van der Waals surface area (Å²) in [7, 11) is 1.62. The lowest BCUT2D eigenvalue weighted by atomic mass is 10.1. The van der Waals surface area contributed by atoms with Crippen molar-refractivity contribution < 1.29 is 23.1 Å². The van der Waals surface area contributed by atoms with E-state index in [1.165, 1.54) is 10.7 Å². The highest BCUT2D eigenvalue weighted by Gasteiger charge is 2.33. The predicted molar refractivity (Wildman–Crippen MR) is 76.2 cm³/mol. The van der Waals surface area contributed by atoms with Gasteiger partial charge in [0.05, 0.1) is 11.3 Å². The number of carboxylic acid groups (broad SMARTS) is 1. The number of aryl methyl sites for hydroxylation is 2. The number of benzene rings is 1. The summed E-state index contributed by atoms with van der Waals surface area (Å²) in [4.78, 5) is 13.2. The highest BCUT2D eigenvalue weighted by atomic mass is 19.4. The number of hydrogen-bond donors (Lipinski definition) is 1. The maximum atomic E-state index is 12.8. The van der Waals surface area contributed by atoms with Gasteiger partial charge in [-0.1, -0.05) is 6.07 Å². The molecular formula is C15H14F3N3O2. The Kier molecular flexibility index (Phi) is 3.35. The molecule has 1 N–H and O–H groups in total. The molecule has 3 rings (SSSR count). The molecule has 2 heterocycles. The van der Waals surface area contributed by atoms with Gasteiger partial charge in [0.15, 0.2) is 0 Å². The molecule has 8 heteroatoms. The monoisotopic (exact) mass is 325 g/mol. The Morgan fingerprint density at radius 3 is 2.52 bits per heavy atom. The molecule has 0 radical (unpaired) electrons. The molecule has 1 aliphatic heterocycles. The zero-order valence-electron chi connectivity index (χ0n) is 12.5. The van der Waals surface area contributed by atoms with Crippen LogP contribution in [-0.2, 0) is 26.3 Å². The van der Waals surface area contributed by atoms with Gasteiger partial charge in [-0.3, -0.25) is 4.68 Å². The van der Waals surface area contributed by atoms with Crippen molar-refractivity contribution in [1.29, 1.82) is 0 Å². The molecule has 0 saturated carbocycles. The minimum absolute atomic E-state index is 0.0800. The number of rotatable bonds is 2. The first-order valence-corrected chi connectivity index (χ1v) is 6.89. The average molecular weight is 325 g/mol. The van der Waals surface area contributed by atoms with Crippen LogP contribution in [0.5, 0.6) is 0 Å². The topological polar surface area (TPSA) is 58.4 Å². The van der Waals surface area contributed by atoms with Gasteiger partial charge in [0, 0.05) is 20.1 Å². The summed E-state index contributed by atoms with van der Waals surface area (Å²) in [6.07, 6.45) is -4.39. The van der Waals surface area contributed by atoms with E-state index in [1.807, 2.05) is 0 Å². The van der Waals surface area contributed by atoms with Crippen molar-refractivity contribution in [3.63, 3.8) is 0 Å². The highest BCUT2D eigenvalue weighted by Crippen LogP contribution is 2.36. The van der Waals surface area contributed by atoms with Gasteiger partial charge in [-0.25, -0.2) is 4.79 Å². The average Bonchev–Trinajstić information content (AvgIpc) is 2.96. The number of halogens is 3. The molecule has 0 aliphatic carbocycles. The van der Waals surface area contributed by atoms with Gasteiger partial charge in [-0.15, -0.1) is 0 Å². The second kappa shape index (κ2) is 5.00. The number of nitrogens with zero attached hydrogens (tertiary/aromatic N) is 3. The van der Waals surface area contributed by atoms with E-state index in [2.05, 4.69) is 5.10 Å². The van der Waals surface area contributed by atoms with E-state index in [0.717, 1.165) is 17.7 Å². The van der Waals surface area contributed by atoms with Crippen molar-refractivity contribution in [1.82, 2.24) is 9.78 Å². The molecule has 1 aliphatic rings. The summed E-state index contributed by atoms with van der Waals surface area (Å²) in [5.41, 5.74) is 1.07. The summed E-state index contributed by atoms with van der Waals surface area (Å²) in [6, 6.07) is 3.62. The lowest BCUT2D eigenvalue weighted by Gasteiger charge is -2.18. The number of hydrogen-bond acceptors (Lipinski definition) is 3. The maximum absolute atomic E-state index is 12.8. The lowest BCUT2D eigenvalue weighted by molar-refractivity contribution is -0.137. The highest BCUT2D eigenvalue weighted by molar-refractivity contribution is 5.95. The van der Waals surface area contributed by atoms with Gasteiger partial charge in [0.25, 0.3) is 0 Å². The minimum atomic E-state index is -4.39. The Labute approximate surface area is 129 Å². The third-order valence-corrected chi connectivity index (χ3v) is 3.96. The van der Waals surface area contributed by atoms with Crippen LogP contribution in [0.25, 0.3) is 0 Å². The summed E-state index contributed by atoms with van der Waals surface area (Å²) >= 11 is 0. The van der Waals surface area contributed by atoms with E-state index in [1.54, 1.807) is 18.9 Å². The quantitative estimate of drug-likeness (QED) is 0.922. The summed E-state index contributed by atoms with van der Waals surface area (Å²) in [5.74, 6) is -0.697. The SMILES string of the molecule is Cc1nn(C)c(N2Cc3ccc(C(F)(F)F)cc3C2)c1C(=O)O. The molecule has 0 saturated heterocycles.